The second-order valence-corrected chi connectivity index (χ2v) is 5.27. The summed E-state index contributed by atoms with van der Waals surface area (Å²) < 4.78 is 25.0. The molecule has 0 N–H and O–H groups in total. The van der Waals surface area contributed by atoms with Crippen molar-refractivity contribution in [3.63, 3.8) is 0 Å². The van der Waals surface area contributed by atoms with Gasteiger partial charge in [0.15, 0.2) is 11.5 Å². The van der Waals surface area contributed by atoms with Crippen molar-refractivity contribution in [3.05, 3.63) is 23.5 Å². The zero-order valence-corrected chi connectivity index (χ0v) is 12.9. The Morgan fingerprint density at radius 2 is 1.85 bits per heavy atom. The second kappa shape index (κ2) is 8.70. The highest BCUT2D eigenvalue weighted by Crippen LogP contribution is 2.31. The van der Waals surface area contributed by atoms with Crippen LogP contribution in [0.1, 0.15) is 26.3 Å². The van der Waals surface area contributed by atoms with E-state index >= 15 is 0 Å². The van der Waals surface area contributed by atoms with Gasteiger partial charge in [0.1, 0.15) is 11.2 Å². The van der Waals surface area contributed by atoms with E-state index in [0.29, 0.717) is 42.4 Å². The summed E-state index contributed by atoms with van der Waals surface area (Å²) in [4.78, 5) is 0. The van der Waals surface area contributed by atoms with E-state index in [0.717, 1.165) is 0 Å². The lowest BCUT2D eigenvalue weighted by Crippen LogP contribution is -2.06. The number of ether oxygens (including phenoxy) is 2. The molecule has 1 aromatic carbocycles. The van der Waals surface area contributed by atoms with Crippen LogP contribution in [0.5, 0.6) is 11.5 Å². The molecule has 0 fully saturated rings. The van der Waals surface area contributed by atoms with Crippen LogP contribution in [0, 0.1) is 22.4 Å². The highest BCUT2D eigenvalue weighted by atomic mass is 32.2. The van der Waals surface area contributed by atoms with Gasteiger partial charge in [-0.15, -0.1) is 0 Å². The highest BCUT2D eigenvalue weighted by Gasteiger charge is 2.14. The van der Waals surface area contributed by atoms with Gasteiger partial charge in [0, 0.05) is 11.8 Å². The maximum Gasteiger partial charge on any atom is 0.164 e. The normalized spacial score (nSPS) is 11.8. The molecule has 0 aliphatic heterocycles. The molecule has 1 unspecified atom stereocenters. The Balaban J connectivity index is 2.90. The molecule has 0 saturated heterocycles. The van der Waals surface area contributed by atoms with Gasteiger partial charge in [-0.3, -0.25) is 0 Å². The molecule has 0 aliphatic carbocycles. The molecule has 20 heavy (non-hydrogen) atoms. The van der Waals surface area contributed by atoms with Crippen LogP contribution in [0.3, 0.4) is 0 Å². The maximum absolute atomic E-state index is 14.1. The molecule has 5 heteroatoms. The first-order valence-corrected chi connectivity index (χ1v) is 7.69. The lowest BCUT2D eigenvalue weighted by molar-refractivity contribution is 0.285. The maximum atomic E-state index is 14.1. The molecule has 0 heterocycles. The van der Waals surface area contributed by atoms with Crippen molar-refractivity contribution in [2.45, 2.75) is 27.2 Å². The van der Waals surface area contributed by atoms with Crippen molar-refractivity contribution >= 4 is 11.8 Å². The summed E-state index contributed by atoms with van der Waals surface area (Å²) in [6, 6.07) is 3.09. The van der Waals surface area contributed by atoms with Gasteiger partial charge in [0.25, 0.3) is 0 Å². The summed E-state index contributed by atoms with van der Waals surface area (Å²) in [6.07, 6.45) is 0.576. The molecule has 0 aliphatic rings. The predicted molar refractivity (Wildman–Crippen MR) is 79.7 cm³/mol. The van der Waals surface area contributed by atoms with Gasteiger partial charge in [-0.1, -0.05) is 6.92 Å². The molecule has 0 aromatic heterocycles. The van der Waals surface area contributed by atoms with Crippen molar-refractivity contribution in [2.75, 3.05) is 19.0 Å². The van der Waals surface area contributed by atoms with E-state index in [9.17, 15) is 4.39 Å². The predicted octanol–water partition coefficient (Wildman–Crippen LogP) is 4.02. The number of thioether (sulfide) groups is 1. The van der Waals surface area contributed by atoms with E-state index in [2.05, 4.69) is 0 Å². The molecule has 0 bridgehead atoms. The average Bonchev–Trinajstić information content (AvgIpc) is 2.42. The standard InChI is InChI=1S/C15H20FNO2S/c1-4-18-14-7-12(6-11(3)9-20-10-17)13(16)8-15(14)19-5-2/h7-8,11H,4-6,9H2,1-3H3. The number of halogens is 1. The molecular formula is C15H20FNO2S. The molecule has 0 saturated carbocycles. The van der Waals surface area contributed by atoms with Crippen LogP contribution in [0.2, 0.25) is 0 Å². The number of thiocyanates is 1. The van der Waals surface area contributed by atoms with Crippen LogP contribution in [0.15, 0.2) is 12.1 Å². The number of rotatable bonds is 8. The fraction of sp³-hybridized carbons (Fsp3) is 0.533. The topological polar surface area (TPSA) is 42.2 Å². The zero-order chi connectivity index (χ0) is 15.0. The Morgan fingerprint density at radius 3 is 2.40 bits per heavy atom. The summed E-state index contributed by atoms with van der Waals surface area (Å²) in [5.41, 5.74) is 0.600. The van der Waals surface area contributed by atoms with Crippen molar-refractivity contribution in [1.29, 1.82) is 5.26 Å². The van der Waals surface area contributed by atoms with Crippen LogP contribution in [-0.2, 0) is 6.42 Å². The van der Waals surface area contributed by atoms with Gasteiger partial charge in [-0.2, -0.15) is 5.26 Å². The van der Waals surface area contributed by atoms with Crippen molar-refractivity contribution in [3.8, 4) is 16.9 Å². The summed E-state index contributed by atoms with van der Waals surface area (Å²) in [7, 11) is 0. The number of hydrogen-bond donors (Lipinski definition) is 0. The molecule has 0 spiro atoms. The molecule has 1 rings (SSSR count). The van der Waals surface area contributed by atoms with Crippen LogP contribution in [0.4, 0.5) is 4.39 Å². The second-order valence-electron chi connectivity index (χ2n) is 4.47. The van der Waals surface area contributed by atoms with Crippen LogP contribution >= 0.6 is 11.8 Å². The molecule has 1 atom stereocenters. The van der Waals surface area contributed by atoms with Crippen LogP contribution in [-0.4, -0.2) is 19.0 Å². The molecular weight excluding hydrogens is 277 g/mol. The summed E-state index contributed by atoms with van der Waals surface area (Å²) in [6.45, 7) is 6.70. The van der Waals surface area contributed by atoms with Crippen molar-refractivity contribution in [1.82, 2.24) is 0 Å². The number of hydrogen-bond acceptors (Lipinski definition) is 4. The van der Waals surface area contributed by atoms with E-state index in [1.165, 1.54) is 17.8 Å². The SMILES string of the molecule is CCOc1cc(F)c(CC(C)CSC#N)cc1OCC. The van der Waals surface area contributed by atoms with Gasteiger partial charge in [-0.05, 0) is 49.6 Å². The lowest BCUT2D eigenvalue weighted by atomic mass is 10.0. The third kappa shape index (κ3) is 4.93. The zero-order valence-electron chi connectivity index (χ0n) is 12.1. The van der Waals surface area contributed by atoms with E-state index in [4.69, 9.17) is 14.7 Å². The Bertz CT molecular complexity index is 474. The van der Waals surface area contributed by atoms with Crippen molar-refractivity contribution in [2.24, 2.45) is 5.92 Å². The van der Waals surface area contributed by atoms with Crippen LogP contribution in [0.25, 0.3) is 0 Å². The fourth-order valence-electron chi connectivity index (χ4n) is 1.88. The van der Waals surface area contributed by atoms with Gasteiger partial charge >= 0.3 is 0 Å². The smallest absolute Gasteiger partial charge is 0.164 e. The van der Waals surface area contributed by atoms with Gasteiger partial charge in [0.2, 0.25) is 0 Å². The summed E-state index contributed by atoms with van der Waals surface area (Å²) in [5, 5.41) is 10.6. The lowest BCUT2D eigenvalue weighted by Gasteiger charge is -2.15. The minimum atomic E-state index is -0.286. The quantitative estimate of drug-likeness (QED) is 0.680. The summed E-state index contributed by atoms with van der Waals surface area (Å²) in [5.74, 6) is 1.64. The van der Waals surface area contributed by atoms with E-state index in [-0.39, 0.29) is 11.7 Å². The number of nitrogens with zero attached hydrogens (tertiary/aromatic N) is 1. The first-order chi connectivity index (χ1) is 9.62. The fourth-order valence-corrected chi connectivity index (χ4v) is 2.36. The first-order valence-electron chi connectivity index (χ1n) is 6.71. The van der Waals surface area contributed by atoms with Crippen LogP contribution < -0.4 is 9.47 Å². The van der Waals surface area contributed by atoms with Crippen molar-refractivity contribution < 1.29 is 13.9 Å². The first kappa shape index (κ1) is 16.6. The molecule has 110 valence electrons. The van der Waals surface area contributed by atoms with E-state index in [1.54, 1.807) is 6.07 Å². The third-order valence-corrected chi connectivity index (χ3v) is 3.58. The Morgan fingerprint density at radius 1 is 1.25 bits per heavy atom. The largest absolute Gasteiger partial charge is 0.490 e. The van der Waals surface area contributed by atoms with E-state index < -0.39 is 0 Å². The monoisotopic (exact) mass is 297 g/mol. The Kier molecular flexibility index (Phi) is 7.24. The summed E-state index contributed by atoms with van der Waals surface area (Å²) >= 11 is 1.19. The minimum Gasteiger partial charge on any atom is -0.490 e. The molecule has 0 amide bonds. The third-order valence-electron chi connectivity index (χ3n) is 2.71. The number of benzene rings is 1. The van der Waals surface area contributed by atoms with Gasteiger partial charge in [-0.25, -0.2) is 4.39 Å². The molecule has 0 radical (unpaired) electrons. The molecule has 1 aromatic rings. The number of nitriles is 1. The molecule has 3 nitrogen and oxygen atoms in total. The highest BCUT2D eigenvalue weighted by molar-refractivity contribution is 8.03. The average molecular weight is 297 g/mol. The Hall–Kier alpha value is -1.41. The van der Waals surface area contributed by atoms with Gasteiger partial charge in [0.05, 0.1) is 13.2 Å². The van der Waals surface area contributed by atoms with E-state index in [1.807, 2.05) is 26.2 Å². The minimum absolute atomic E-state index is 0.224. The Labute approximate surface area is 124 Å². The van der Waals surface area contributed by atoms with Gasteiger partial charge < -0.3 is 9.47 Å².